The first-order chi connectivity index (χ1) is 9.13. The molecule has 0 saturated heterocycles. The second-order valence-corrected chi connectivity index (χ2v) is 4.81. The van der Waals surface area contributed by atoms with Crippen LogP contribution in [0.15, 0.2) is 24.3 Å². The molecule has 1 amide bonds. The molecule has 1 unspecified atom stereocenters. The molecule has 1 rings (SSSR count). The third kappa shape index (κ3) is 6.57. The summed E-state index contributed by atoms with van der Waals surface area (Å²) < 4.78 is 0. The van der Waals surface area contributed by atoms with E-state index in [1.54, 1.807) is 24.3 Å². The van der Waals surface area contributed by atoms with Gasteiger partial charge in [0.15, 0.2) is 0 Å². The van der Waals surface area contributed by atoms with Crippen LogP contribution in [0, 0.1) is 0 Å². The van der Waals surface area contributed by atoms with E-state index in [4.69, 9.17) is 11.6 Å². The number of benzene rings is 1. The summed E-state index contributed by atoms with van der Waals surface area (Å²) in [5, 5.41) is 16.4. The Morgan fingerprint density at radius 1 is 1.32 bits per heavy atom. The quantitative estimate of drug-likeness (QED) is 0.639. The maximum atomic E-state index is 11.3. The first-order valence-electron chi connectivity index (χ1n) is 6.54. The summed E-state index contributed by atoms with van der Waals surface area (Å²) in [6, 6.07) is 7.09. The van der Waals surface area contributed by atoms with Gasteiger partial charge < -0.3 is 15.7 Å². The first kappa shape index (κ1) is 16.0. The van der Waals surface area contributed by atoms with Gasteiger partial charge in [-0.1, -0.05) is 30.7 Å². The van der Waals surface area contributed by atoms with Crippen LogP contribution in [-0.4, -0.2) is 30.6 Å². The van der Waals surface area contributed by atoms with Gasteiger partial charge in [-0.25, -0.2) is 0 Å². The lowest BCUT2D eigenvalue weighted by atomic mass is 10.1. The van der Waals surface area contributed by atoms with Gasteiger partial charge in [0.1, 0.15) is 0 Å². The number of hydrogen-bond donors (Lipinski definition) is 3. The van der Waals surface area contributed by atoms with E-state index in [2.05, 4.69) is 10.6 Å². The van der Waals surface area contributed by atoms with Crippen molar-refractivity contribution in [3.63, 3.8) is 0 Å². The maximum absolute atomic E-state index is 11.3. The summed E-state index contributed by atoms with van der Waals surface area (Å²) >= 11 is 5.78. The largest absolute Gasteiger partial charge is 0.387 e. The SMILES string of the molecule is CCCNC(=O)CCNCC(O)c1ccc(Cl)cc1. The standard InChI is InChI=1S/C14H21ClN2O2/c1-2-8-17-14(19)7-9-16-10-13(18)11-3-5-12(15)6-4-11/h3-6,13,16,18H,2,7-10H2,1H3,(H,17,19). The number of halogens is 1. The molecule has 1 aromatic rings. The first-order valence-corrected chi connectivity index (χ1v) is 6.92. The van der Waals surface area contributed by atoms with E-state index in [-0.39, 0.29) is 5.91 Å². The van der Waals surface area contributed by atoms with Crippen molar-refractivity contribution < 1.29 is 9.90 Å². The summed E-state index contributed by atoms with van der Waals surface area (Å²) in [5.41, 5.74) is 0.812. The molecule has 1 aromatic carbocycles. The minimum atomic E-state index is -0.587. The molecule has 106 valence electrons. The molecule has 19 heavy (non-hydrogen) atoms. The van der Waals surface area contributed by atoms with Crippen molar-refractivity contribution >= 4 is 17.5 Å². The second-order valence-electron chi connectivity index (χ2n) is 4.37. The molecular formula is C14H21ClN2O2. The van der Waals surface area contributed by atoms with Crippen LogP contribution in [0.3, 0.4) is 0 Å². The third-order valence-electron chi connectivity index (χ3n) is 2.69. The zero-order valence-corrected chi connectivity index (χ0v) is 11.9. The summed E-state index contributed by atoms with van der Waals surface area (Å²) in [5.74, 6) is 0.0373. The molecule has 0 heterocycles. The molecule has 0 saturated carbocycles. The summed E-state index contributed by atoms with van der Waals surface area (Å²) in [4.78, 5) is 11.3. The van der Waals surface area contributed by atoms with E-state index < -0.39 is 6.10 Å². The number of aliphatic hydroxyl groups is 1. The molecule has 0 aliphatic rings. The van der Waals surface area contributed by atoms with Gasteiger partial charge in [0.25, 0.3) is 0 Å². The van der Waals surface area contributed by atoms with Gasteiger partial charge in [-0.05, 0) is 24.1 Å². The van der Waals surface area contributed by atoms with Crippen molar-refractivity contribution in [2.75, 3.05) is 19.6 Å². The molecule has 0 radical (unpaired) electrons. The van der Waals surface area contributed by atoms with E-state index in [0.29, 0.717) is 31.1 Å². The van der Waals surface area contributed by atoms with Crippen molar-refractivity contribution in [2.24, 2.45) is 0 Å². The monoisotopic (exact) mass is 284 g/mol. The van der Waals surface area contributed by atoms with Crippen molar-refractivity contribution in [1.82, 2.24) is 10.6 Å². The van der Waals surface area contributed by atoms with E-state index in [1.165, 1.54) is 0 Å². The van der Waals surface area contributed by atoms with Crippen LogP contribution in [0.25, 0.3) is 0 Å². The van der Waals surface area contributed by atoms with Crippen LogP contribution in [0.1, 0.15) is 31.4 Å². The Labute approximate surface area is 119 Å². The number of amides is 1. The topological polar surface area (TPSA) is 61.4 Å². The Morgan fingerprint density at radius 3 is 2.63 bits per heavy atom. The van der Waals surface area contributed by atoms with Gasteiger partial charge in [-0.15, -0.1) is 0 Å². The molecule has 0 spiro atoms. The highest BCUT2D eigenvalue weighted by atomic mass is 35.5. The number of aliphatic hydroxyl groups excluding tert-OH is 1. The summed E-state index contributed by atoms with van der Waals surface area (Å²) in [6.45, 7) is 3.70. The van der Waals surface area contributed by atoms with Crippen LogP contribution < -0.4 is 10.6 Å². The van der Waals surface area contributed by atoms with Crippen molar-refractivity contribution in [1.29, 1.82) is 0 Å². The van der Waals surface area contributed by atoms with Gasteiger partial charge in [0.2, 0.25) is 5.91 Å². The molecule has 0 fully saturated rings. The average Bonchev–Trinajstić information content (AvgIpc) is 2.41. The fourth-order valence-electron chi connectivity index (χ4n) is 1.60. The molecule has 4 nitrogen and oxygen atoms in total. The van der Waals surface area contributed by atoms with E-state index >= 15 is 0 Å². The lowest BCUT2D eigenvalue weighted by molar-refractivity contribution is -0.121. The van der Waals surface area contributed by atoms with Crippen LogP contribution in [0.2, 0.25) is 5.02 Å². The van der Waals surface area contributed by atoms with Gasteiger partial charge in [0.05, 0.1) is 6.10 Å². The molecule has 0 aromatic heterocycles. The zero-order valence-electron chi connectivity index (χ0n) is 11.2. The fourth-order valence-corrected chi connectivity index (χ4v) is 1.72. The number of hydrogen-bond acceptors (Lipinski definition) is 3. The highest BCUT2D eigenvalue weighted by Gasteiger charge is 2.07. The number of rotatable bonds is 8. The van der Waals surface area contributed by atoms with E-state index in [0.717, 1.165) is 12.0 Å². The van der Waals surface area contributed by atoms with Gasteiger partial charge in [-0.3, -0.25) is 4.79 Å². The minimum Gasteiger partial charge on any atom is -0.387 e. The Kier molecular flexibility index (Phi) is 7.48. The van der Waals surface area contributed by atoms with Gasteiger partial charge >= 0.3 is 0 Å². The van der Waals surface area contributed by atoms with Crippen LogP contribution in [0.4, 0.5) is 0 Å². The Bertz CT molecular complexity index is 382. The zero-order chi connectivity index (χ0) is 14.1. The van der Waals surface area contributed by atoms with E-state index in [9.17, 15) is 9.90 Å². The Hall–Kier alpha value is -1.10. The summed E-state index contributed by atoms with van der Waals surface area (Å²) in [6.07, 6.45) is 0.776. The highest BCUT2D eigenvalue weighted by molar-refractivity contribution is 6.30. The lowest BCUT2D eigenvalue weighted by Gasteiger charge is -2.12. The predicted octanol–water partition coefficient (Wildman–Crippen LogP) is 1.88. The minimum absolute atomic E-state index is 0.0373. The molecule has 0 aliphatic heterocycles. The second kappa shape index (κ2) is 8.91. The predicted molar refractivity (Wildman–Crippen MR) is 77.2 cm³/mol. The van der Waals surface area contributed by atoms with Crippen LogP contribution >= 0.6 is 11.6 Å². The number of carbonyl (C=O) groups excluding carboxylic acids is 1. The van der Waals surface area contributed by atoms with Gasteiger partial charge in [0, 0.05) is 31.1 Å². The Morgan fingerprint density at radius 2 is 2.00 bits per heavy atom. The fraction of sp³-hybridized carbons (Fsp3) is 0.500. The van der Waals surface area contributed by atoms with Crippen molar-refractivity contribution in [3.05, 3.63) is 34.9 Å². The molecule has 3 N–H and O–H groups in total. The summed E-state index contributed by atoms with van der Waals surface area (Å²) in [7, 11) is 0. The average molecular weight is 285 g/mol. The van der Waals surface area contributed by atoms with Crippen molar-refractivity contribution in [3.8, 4) is 0 Å². The molecular weight excluding hydrogens is 264 g/mol. The molecule has 5 heteroatoms. The highest BCUT2D eigenvalue weighted by Crippen LogP contribution is 2.15. The molecule has 0 bridgehead atoms. The van der Waals surface area contributed by atoms with E-state index in [1.807, 2.05) is 6.92 Å². The molecule has 0 aliphatic carbocycles. The molecule has 1 atom stereocenters. The number of nitrogens with one attached hydrogen (secondary N) is 2. The van der Waals surface area contributed by atoms with Crippen LogP contribution in [0.5, 0.6) is 0 Å². The maximum Gasteiger partial charge on any atom is 0.221 e. The Balaban J connectivity index is 2.18. The van der Waals surface area contributed by atoms with Crippen LogP contribution in [-0.2, 0) is 4.79 Å². The number of carbonyl (C=O) groups is 1. The lowest BCUT2D eigenvalue weighted by Crippen LogP contribution is -2.29. The van der Waals surface area contributed by atoms with Gasteiger partial charge in [-0.2, -0.15) is 0 Å². The normalized spacial score (nSPS) is 12.2. The van der Waals surface area contributed by atoms with Crippen molar-refractivity contribution in [2.45, 2.75) is 25.9 Å². The smallest absolute Gasteiger partial charge is 0.221 e. The third-order valence-corrected chi connectivity index (χ3v) is 2.95.